The molecule has 1 aliphatic rings. The summed E-state index contributed by atoms with van der Waals surface area (Å²) in [4.78, 5) is 22.0. The molecule has 0 aliphatic heterocycles. The summed E-state index contributed by atoms with van der Waals surface area (Å²) >= 11 is 1.46. The van der Waals surface area contributed by atoms with E-state index in [-0.39, 0.29) is 5.41 Å². The number of aromatic nitrogens is 1. The molecule has 112 valence electrons. The first kappa shape index (κ1) is 15.2. The monoisotopic (exact) mass is 299 g/mol. The summed E-state index contributed by atoms with van der Waals surface area (Å²) in [7, 11) is 0. The molecule has 0 bridgehead atoms. The van der Waals surface area contributed by atoms with Crippen LogP contribution in [0, 0.1) is 6.92 Å². The average Bonchev–Trinajstić information content (AvgIpc) is 2.95. The molecule has 1 aromatic rings. The van der Waals surface area contributed by atoms with Crippen molar-refractivity contribution in [2.75, 3.05) is 11.9 Å². The van der Waals surface area contributed by atoms with Crippen molar-refractivity contribution in [1.29, 1.82) is 0 Å². The van der Waals surface area contributed by atoms with E-state index in [1.54, 1.807) is 0 Å². The van der Waals surface area contributed by atoms with Crippen molar-refractivity contribution in [3.05, 3.63) is 10.6 Å². The molecule has 0 radical (unpaired) electrons. The molecule has 0 aromatic carbocycles. The highest BCUT2D eigenvalue weighted by molar-refractivity contribution is 7.16. The number of thiazole rings is 1. The molecule has 7 heteroatoms. The van der Waals surface area contributed by atoms with Gasteiger partial charge >= 0.3 is 6.09 Å². The van der Waals surface area contributed by atoms with E-state index in [1.165, 1.54) is 11.3 Å². The van der Waals surface area contributed by atoms with E-state index < -0.39 is 11.7 Å². The molecular weight excluding hydrogens is 278 g/mol. The van der Waals surface area contributed by atoms with Gasteiger partial charge in [-0.15, -0.1) is 11.3 Å². The summed E-state index contributed by atoms with van der Waals surface area (Å²) in [5.41, 5.74) is 0.380. The Morgan fingerprint density at radius 2 is 2.15 bits per heavy atom. The van der Waals surface area contributed by atoms with E-state index >= 15 is 0 Å². The lowest BCUT2D eigenvalue weighted by atomic mass is 10.1. The van der Waals surface area contributed by atoms with E-state index in [2.05, 4.69) is 10.3 Å². The van der Waals surface area contributed by atoms with Crippen molar-refractivity contribution in [3.63, 3.8) is 0 Å². The molecule has 0 unspecified atom stereocenters. The van der Waals surface area contributed by atoms with Gasteiger partial charge in [0, 0.05) is 10.3 Å². The van der Waals surface area contributed by atoms with Crippen molar-refractivity contribution >= 4 is 22.6 Å². The summed E-state index contributed by atoms with van der Waals surface area (Å²) in [6.07, 6.45) is 1.59. The van der Waals surface area contributed by atoms with Gasteiger partial charge in [0.05, 0.1) is 12.3 Å². The zero-order valence-corrected chi connectivity index (χ0v) is 13.1. The molecule has 0 atom stereocenters. The van der Waals surface area contributed by atoms with E-state index in [0.29, 0.717) is 11.7 Å². The lowest BCUT2D eigenvalue weighted by Crippen LogP contribution is -2.27. The van der Waals surface area contributed by atoms with Crippen LogP contribution in [-0.4, -0.2) is 23.3 Å². The number of rotatable bonds is 4. The van der Waals surface area contributed by atoms with Gasteiger partial charge in [-0.1, -0.05) is 0 Å². The standard InChI is InChI=1S/C13H21N3O3S/c1-8-9(13(5-6-13)7-18-14)20-10(15-8)16-11(17)19-12(2,3)4/h5-7,14H2,1-4H3,(H,15,16,17). The first-order valence-corrected chi connectivity index (χ1v) is 7.37. The predicted molar refractivity (Wildman–Crippen MR) is 77.8 cm³/mol. The van der Waals surface area contributed by atoms with Gasteiger partial charge in [0.15, 0.2) is 5.13 Å². The van der Waals surface area contributed by atoms with Crippen LogP contribution in [0.1, 0.15) is 44.2 Å². The van der Waals surface area contributed by atoms with Crippen molar-refractivity contribution in [2.45, 2.75) is 51.6 Å². The largest absolute Gasteiger partial charge is 0.444 e. The fourth-order valence-corrected chi connectivity index (χ4v) is 3.26. The molecule has 20 heavy (non-hydrogen) atoms. The van der Waals surface area contributed by atoms with Gasteiger partial charge in [-0.2, -0.15) is 0 Å². The smallest absolute Gasteiger partial charge is 0.413 e. The molecule has 0 saturated heterocycles. The molecule has 1 fully saturated rings. The minimum absolute atomic E-state index is 0.00956. The third-order valence-electron chi connectivity index (χ3n) is 3.10. The Morgan fingerprint density at radius 1 is 1.50 bits per heavy atom. The molecule has 1 saturated carbocycles. The minimum Gasteiger partial charge on any atom is -0.444 e. The van der Waals surface area contributed by atoms with Gasteiger partial charge in [0.1, 0.15) is 5.60 Å². The van der Waals surface area contributed by atoms with Gasteiger partial charge in [0.2, 0.25) is 0 Å². The van der Waals surface area contributed by atoms with Crippen LogP contribution in [0.4, 0.5) is 9.93 Å². The number of carbonyl (C=O) groups is 1. The summed E-state index contributed by atoms with van der Waals surface area (Å²) in [5.74, 6) is 5.19. The Morgan fingerprint density at radius 3 is 2.65 bits per heavy atom. The number of amides is 1. The number of carbonyl (C=O) groups excluding carboxylic acids is 1. The number of hydrogen-bond donors (Lipinski definition) is 2. The fraction of sp³-hybridized carbons (Fsp3) is 0.692. The van der Waals surface area contributed by atoms with Crippen LogP contribution in [0.5, 0.6) is 0 Å². The SMILES string of the molecule is Cc1nc(NC(=O)OC(C)(C)C)sc1C1(CON)CC1. The molecule has 6 nitrogen and oxygen atoms in total. The molecular formula is C13H21N3O3S. The second-order valence-electron chi connectivity index (χ2n) is 6.15. The van der Waals surface area contributed by atoms with Gasteiger partial charge in [-0.3, -0.25) is 5.32 Å². The fourth-order valence-electron chi connectivity index (χ4n) is 2.08. The quantitative estimate of drug-likeness (QED) is 0.835. The van der Waals surface area contributed by atoms with Crippen LogP contribution in [0.2, 0.25) is 0 Å². The highest BCUT2D eigenvalue weighted by atomic mass is 32.1. The number of anilines is 1. The minimum atomic E-state index is -0.523. The summed E-state index contributed by atoms with van der Waals surface area (Å²) in [5, 5.41) is 3.23. The second kappa shape index (κ2) is 5.31. The molecule has 1 aliphatic carbocycles. The van der Waals surface area contributed by atoms with Crippen molar-refractivity contribution < 1.29 is 14.4 Å². The van der Waals surface area contributed by atoms with Crippen LogP contribution in [0.15, 0.2) is 0 Å². The van der Waals surface area contributed by atoms with Crippen molar-refractivity contribution in [2.24, 2.45) is 5.90 Å². The number of hydrogen-bond acceptors (Lipinski definition) is 6. The highest BCUT2D eigenvalue weighted by Gasteiger charge is 2.47. The third kappa shape index (κ3) is 3.47. The van der Waals surface area contributed by atoms with Crippen LogP contribution >= 0.6 is 11.3 Å². The van der Waals surface area contributed by atoms with Gasteiger partial charge in [0.25, 0.3) is 0 Å². The van der Waals surface area contributed by atoms with Crippen LogP contribution in [0.3, 0.4) is 0 Å². The van der Waals surface area contributed by atoms with Crippen molar-refractivity contribution in [3.8, 4) is 0 Å². The Balaban J connectivity index is 2.07. The Kier molecular flexibility index (Phi) is 4.04. The molecule has 0 spiro atoms. The second-order valence-corrected chi connectivity index (χ2v) is 7.15. The van der Waals surface area contributed by atoms with E-state index in [0.717, 1.165) is 23.4 Å². The summed E-state index contributed by atoms with van der Waals surface area (Å²) in [6.45, 7) is 7.89. The maximum atomic E-state index is 11.7. The number of nitrogens with one attached hydrogen (secondary N) is 1. The first-order chi connectivity index (χ1) is 9.26. The predicted octanol–water partition coefficient (Wildman–Crippen LogP) is 2.72. The average molecular weight is 299 g/mol. The molecule has 1 aromatic heterocycles. The van der Waals surface area contributed by atoms with E-state index in [4.69, 9.17) is 15.5 Å². The zero-order valence-electron chi connectivity index (χ0n) is 12.3. The third-order valence-corrected chi connectivity index (χ3v) is 4.42. The number of nitrogens with zero attached hydrogens (tertiary/aromatic N) is 1. The lowest BCUT2D eigenvalue weighted by molar-refractivity contribution is 0.0636. The molecule has 1 amide bonds. The van der Waals surface area contributed by atoms with E-state index in [1.807, 2.05) is 27.7 Å². The topological polar surface area (TPSA) is 86.5 Å². The Hall–Kier alpha value is -1.18. The van der Waals surface area contributed by atoms with Crippen molar-refractivity contribution in [1.82, 2.24) is 4.98 Å². The van der Waals surface area contributed by atoms with Crippen LogP contribution in [0.25, 0.3) is 0 Å². The van der Waals surface area contributed by atoms with Gasteiger partial charge in [-0.25, -0.2) is 15.7 Å². The Bertz CT molecular complexity index is 503. The molecule has 3 N–H and O–H groups in total. The molecule has 1 heterocycles. The maximum absolute atomic E-state index is 11.7. The van der Waals surface area contributed by atoms with Crippen LogP contribution in [-0.2, 0) is 15.0 Å². The lowest BCUT2D eigenvalue weighted by Gasteiger charge is -2.18. The van der Waals surface area contributed by atoms with E-state index in [9.17, 15) is 4.79 Å². The van der Waals surface area contributed by atoms with Crippen LogP contribution < -0.4 is 11.2 Å². The summed E-state index contributed by atoms with van der Waals surface area (Å²) < 4.78 is 5.21. The summed E-state index contributed by atoms with van der Waals surface area (Å²) in [6, 6.07) is 0. The molecule has 2 rings (SSSR count). The number of nitrogens with two attached hydrogens (primary N) is 1. The zero-order chi connectivity index (χ0) is 15.0. The number of aryl methyl sites for hydroxylation is 1. The van der Waals surface area contributed by atoms with Gasteiger partial charge in [-0.05, 0) is 40.5 Å². The number of ether oxygens (including phenoxy) is 1. The normalized spacial score (nSPS) is 16.9. The maximum Gasteiger partial charge on any atom is 0.413 e. The van der Waals surface area contributed by atoms with Gasteiger partial charge < -0.3 is 9.57 Å². The Labute approximate surface area is 122 Å². The first-order valence-electron chi connectivity index (χ1n) is 6.55. The highest BCUT2D eigenvalue weighted by Crippen LogP contribution is 2.52.